The third kappa shape index (κ3) is 4.19. The van der Waals surface area contributed by atoms with Crippen LogP contribution in [0.1, 0.15) is 31.9 Å². The molecule has 0 bridgehead atoms. The van der Waals surface area contributed by atoms with Crippen molar-refractivity contribution < 1.29 is 4.79 Å². The van der Waals surface area contributed by atoms with E-state index in [1.54, 1.807) is 6.20 Å². The molecular formula is C14H15N5O2S3. The Kier molecular flexibility index (Phi) is 5.59. The summed E-state index contributed by atoms with van der Waals surface area (Å²) in [5.74, 6) is 0.490. The molecule has 0 spiro atoms. The van der Waals surface area contributed by atoms with Crippen LogP contribution in [0.5, 0.6) is 0 Å². The van der Waals surface area contributed by atoms with Gasteiger partial charge < -0.3 is 5.32 Å². The largest absolute Gasteiger partial charge is 0.301 e. The Balaban J connectivity index is 1.60. The maximum absolute atomic E-state index is 11.9. The normalized spacial score (nSPS) is 11.0. The number of rotatable bonds is 7. The summed E-state index contributed by atoms with van der Waals surface area (Å²) >= 11 is 4.19. The van der Waals surface area contributed by atoms with Gasteiger partial charge in [0, 0.05) is 29.8 Å². The highest BCUT2D eigenvalue weighted by molar-refractivity contribution is 8.00. The van der Waals surface area contributed by atoms with E-state index < -0.39 is 0 Å². The van der Waals surface area contributed by atoms with Crippen molar-refractivity contribution in [3.05, 3.63) is 33.7 Å². The fourth-order valence-corrected chi connectivity index (χ4v) is 4.33. The lowest BCUT2D eigenvalue weighted by atomic mass is 10.2. The molecule has 0 fully saturated rings. The Morgan fingerprint density at radius 3 is 3.12 bits per heavy atom. The lowest BCUT2D eigenvalue weighted by Gasteiger charge is -1.99. The number of unbranched alkanes of at least 4 members (excludes halogenated alkanes) is 1. The van der Waals surface area contributed by atoms with Gasteiger partial charge in [-0.05, 0) is 6.42 Å². The van der Waals surface area contributed by atoms with E-state index in [0.29, 0.717) is 28.0 Å². The van der Waals surface area contributed by atoms with E-state index in [-0.39, 0.29) is 11.5 Å². The number of thiazole rings is 1. The molecule has 1 amide bonds. The van der Waals surface area contributed by atoms with Gasteiger partial charge in [0.05, 0.1) is 5.69 Å². The van der Waals surface area contributed by atoms with Crippen LogP contribution in [0.2, 0.25) is 0 Å². The van der Waals surface area contributed by atoms with E-state index in [2.05, 4.69) is 20.5 Å². The van der Waals surface area contributed by atoms with Gasteiger partial charge >= 0.3 is 0 Å². The first-order valence-electron chi connectivity index (χ1n) is 7.37. The minimum atomic E-state index is -0.0852. The fourth-order valence-electron chi connectivity index (χ4n) is 1.94. The third-order valence-electron chi connectivity index (χ3n) is 3.11. The first kappa shape index (κ1) is 17.1. The first-order chi connectivity index (χ1) is 11.7. The Morgan fingerprint density at radius 2 is 2.29 bits per heavy atom. The second-order valence-electron chi connectivity index (χ2n) is 4.95. The van der Waals surface area contributed by atoms with Gasteiger partial charge in [0.1, 0.15) is 0 Å². The number of carbonyl (C=O) groups excluding carboxylic acids is 1. The van der Waals surface area contributed by atoms with E-state index in [1.807, 2.05) is 12.3 Å². The summed E-state index contributed by atoms with van der Waals surface area (Å²) in [6.07, 6.45) is 4.04. The SMILES string of the molecule is CCCCC(=O)Nc1nnc(SCc2cc(=O)n3ccsc3n2)s1. The second kappa shape index (κ2) is 7.86. The lowest BCUT2D eigenvalue weighted by Crippen LogP contribution is -2.12. The predicted molar refractivity (Wildman–Crippen MR) is 97.0 cm³/mol. The van der Waals surface area contributed by atoms with Gasteiger partial charge in [0.25, 0.3) is 5.56 Å². The van der Waals surface area contributed by atoms with E-state index >= 15 is 0 Å². The number of thioether (sulfide) groups is 1. The third-order valence-corrected chi connectivity index (χ3v) is 5.87. The Labute approximate surface area is 150 Å². The van der Waals surface area contributed by atoms with Crippen LogP contribution in [-0.4, -0.2) is 25.5 Å². The number of hydrogen-bond donors (Lipinski definition) is 1. The Bertz CT molecular complexity index is 901. The zero-order valence-corrected chi connectivity index (χ0v) is 15.3. The highest BCUT2D eigenvalue weighted by Gasteiger charge is 2.10. The van der Waals surface area contributed by atoms with E-state index in [9.17, 15) is 9.59 Å². The molecule has 3 heterocycles. The summed E-state index contributed by atoms with van der Waals surface area (Å²) in [5, 5.41) is 13.1. The average molecular weight is 382 g/mol. The number of aromatic nitrogens is 4. The van der Waals surface area contributed by atoms with Crippen LogP contribution in [0, 0.1) is 0 Å². The maximum Gasteiger partial charge on any atom is 0.258 e. The van der Waals surface area contributed by atoms with Crippen LogP contribution in [0.3, 0.4) is 0 Å². The average Bonchev–Trinajstić information content (AvgIpc) is 3.20. The molecule has 0 aliphatic heterocycles. The summed E-state index contributed by atoms with van der Waals surface area (Å²) in [6, 6.07) is 1.53. The van der Waals surface area contributed by atoms with Crippen LogP contribution in [0.15, 0.2) is 26.8 Å². The summed E-state index contributed by atoms with van der Waals surface area (Å²) < 4.78 is 2.25. The molecule has 0 unspecified atom stereocenters. The molecule has 3 aromatic rings. The number of fused-ring (bicyclic) bond motifs is 1. The van der Waals surface area contributed by atoms with Gasteiger partial charge in [-0.3, -0.25) is 14.0 Å². The van der Waals surface area contributed by atoms with Gasteiger partial charge in [-0.2, -0.15) is 0 Å². The van der Waals surface area contributed by atoms with Crippen LogP contribution in [0.4, 0.5) is 5.13 Å². The number of hydrogen-bond acceptors (Lipinski definition) is 8. The van der Waals surface area contributed by atoms with E-state index in [1.165, 1.54) is 44.9 Å². The van der Waals surface area contributed by atoms with Crippen molar-refractivity contribution in [3.63, 3.8) is 0 Å². The highest BCUT2D eigenvalue weighted by Crippen LogP contribution is 2.28. The number of carbonyl (C=O) groups is 1. The van der Waals surface area contributed by atoms with Crippen molar-refractivity contribution in [1.29, 1.82) is 0 Å². The van der Waals surface area contributed by atoms with Gasteiger partial charge in [0.2, 0.25) is 11.0 Å². The van der Waals surface area contributed by atoms with Gasteiger partial charge in [-0.15, -0.1) is 21.5 Å². The molecule has 3 rings (SSSR count). The number of nitrogens with one attached hydrogen (secondary N) is 1. The van der Waals surface area contributed by atoms with E-state index in [4.69, 9.17) is 0 Å². The quantitative estimate of drug-likeness (QED) is 0.500. The maximum atomic E-state index is 11.9. The molecular weight excluding hydrogens is 366 g/mol. The minimum absolute atomic E-state index is 0.0395. The molecule has 0 saturated heterocycles. The van der Waals surface area contributed by atoms with Crippen LogP contribution in [-0.2, 0) is 10.5 Å². The summed E-state index contributed by atoms with van der Waals surface area (Å²) in [4.78, 5) is 28.7. The topological polar surface area (TPSA) is 89.2 Å². The molecule has 24 heavy (non-hydrogen) atoms. The van der Waals surface area contributed by atoms with Crippen LogP contribution in [0.25, 0.3) is 4.96 Å². The van der Waals surface area contributed by atoms with Gasteiger partial charge in [-0.25, -0.2) is 4.98 Å². The van der Waals surface area contributed by atoms with Crippen molar-refractivity contribution in [2.75, 3.05) is 5.32 Å². The molecule has 0 aliphatic rings. The molecule has 7 nitrogen and oxygen atoms in total. The fraction of sp³-hybridized carbons (Fsp3) is 0.357. The Morgan fingerprint density at radius 1 is 1.42 bits per heavy atom. The second-order valence-corrected chi connectivity index (χ2v) is 8.03. The van der Waals surface area contributed by atoms with Crippen LogP contribution < -0.4 is 10.9 Å². The van der Waals surface area contributed by atoms with Crippen molar-refractivity contribution in [1.82, 2.24) is 19.6 Å². The number of amides is 1. The summed E-state index contributed by atoms with van der Waals surface area (Å²) in [6.45, 7) is 2.04. The molecule has 1 N–H and O–H groups in total. The predicted octanol–water partition coefficient (Wildman–Crippen LogP) is 3.03. The van der Waals surface area contributed by atoms with Crippen molar-refractivity contribution in [3.8, 4) is 0 Å². The van der Waals surface area contributed by atoms with Crippen molar-refractivity contribution in [2.24, 2.45) is 0 Å². The lowest BCUT2D eigenvalue weighted by molar-refractivity contribution is -0.116. The molecule has 0 aromatic carbocycles. The van der Waals surface area contributed by atoms with Crippen molar-refractivity contribution in [2.45, 2.75) is 36.3 Å². The number of anilines is 1. The monoisotopic (exact) mass is 381 g/mol. The molecule has 10 heteroatoms. The molecule has 0 atom stereocenters. The van der Waals surface area contributed by atoms with Crippen molar-refractivity contribution >= 4 is 50.4 Å². The highest BCUT2D eigenvalue weighted by atomic mass is 32.2. The standard InChI is InChI=1S/C14H15N5O2S3/c1-2-3-4-10(20)16-12-17-18-14(24-12)23-8-9-7-11(21)19-5-6-22-13(19)15-9/h5-7H,2-4,8H2,1H3,(H,16,17,20). The summed E-state index contributed by atoms with van der Waals surface area (Å²) in [7, 11) is 0. The smallest absolute Gasteiger partial charge is 0.258 e. The molecule has 0 radical (unpaired) electrons. The zero-order chi connectivity index (χ0) is 16.9. The summed E-state index contributed by atoms with van der Waals surface area (Å²) in [5.41, 5.74) is 0.620. The molecule has 126 valence electrons. The Hall–Kier alpha value is -1.78. The molecule has 0 aliphatic carbocycles. The van der Waals surface area contributed by atoms with E-state index in [0.717, 1.165) is 17.2 Å². The molecule has 3 aromatic heterocycles. The first-order valence-corrected chi connectivity index (χ1v) is 10.1. The molecule has 0 saturated carbocycles. The minimum Gasteiger partial charge on any atom is -0.301 e. The zero-order valence-electron chi connectivity index (χ0n) is 12.9. The van der Waals surface area contributed by atoms with Crippen LogP contribution >= 0.6 is 34.4 Å². The van der Waals surface area contributed by atoms with Gasteiger partial charge in [-0.1, -0.05) is 36.4 Å². The van der Waals surface area contributed by atoms with Gasteiger partial charge in [0.15, 0.2) is 9.30 Å². The number of nitrogens with zero attached hydrogens (tertiary/aromatic N) is 4.